The predicted octanol–water partition coefficient (Wildman–Crippen LogP) is 17.3. The summed E-state index contributed by atoms with van der Waals surface area (Å²) >= 11 is 1.95. The van der Waals surface area contributed by atoms with E-state index in [0.717, 1.165) is 39.8 Å². The van der Waals surface area contributed by atoms with Gasteiger partial charge in [0.05, 0.1) is 16.4 Å². The van der Waals surface area contributed by atoms with Crippen LogP contribution in [0.3, 0.4) is 0 Å². The van der Waals surface area contributed by atoms with E-state index in [1.54, 1.807) is 0 Å². The minimum Gasteiger partial charge on any atom is -0.310 e. The smallest absolute Gasteiger partial charge is 0.0820 e. The molecule has 0 fully saturated rings. The lowest BCUT2D eigenvalue weighted by molar-refractivity contribution is 0.811. The van der Waals surface area contributed by atoms with Crippen LogP contribution in [-0.4, -0.2) is 4.57 Å². The Morgan fingerprint density at radius 1 is 0.328 bits per heavy atom. The minimum absolute atomic E-state index is 0.569. The SMILES string of the molecule is c1ccc(N(c2ccccc2)c2ccc3c(c2)C2(c4ccccc4-3)c3cc(N(c4ccccc4)c4ccc5c(c4)c4ccccc4n5-c4ccccc4)ccc3-c3c2sc2ccccc32)cc1. The maximum atomic E-state index is 2.52. The molecule has 2 aliphatic rings. The molecule has 0 radical (unpaired) electrons. The third-order valence-corrected chi connectivity index (χ3v) is 15.4. The van der Waals surface area contributed by atoms with Gasteiger partial charge in [0.15, 0.2) is 0 Å². The quantitative estimate of drug-likeness (QED) is 0.158. The first-order valence-corrected chi connectivity index (χ1v) is 23.8. The van der Waals surface area contributed by atoms with Gasteiger partial charge in [-0.15, -0.1) is 11.3 Å². The van der Waals surface area contributed by atoms with Crippen molar-refractivity contribution in [1.29, 1.82) is 0 Å². The van der Waals surface area contributed by atoms with Gasteiger partial charge in [-0.25, -0.2) is 0 Å². The van der Waals surface area contributed by atoms with Crippen molar-refractivity contribution in [3.05, 3.63) is 270 Å². The highest BCUT2D eigenvalue weighted by Gasteiger charge is 2.54. The van der Waals surface area contributed by atoms with E-state index in [-0.39, 0.29) is 0 Å². The zero-order valence-corrected chi connectivity index (χ0v) is 37.2. The average molecular weight is 872 g/mol. The molecule has 12 aromatic rings. The monoisotopic (exact) mass is 871 g/mol. The van der Waals surface area contributed by atoms with Crippen molar-refractivity contribution in [3.8, 4) is 27.9 Å². The molecule has 314 valence electrons. The van der Waals surface area contributed by atoms with Gasteiger partial charge in [-0.2, -0.15) is 0 Å². The second-order valence-electron chi connectivity index (χ2n) is 17.6. The predicted molar refractivity (Wildman–Crippen MR) is 282 cm³/mol. The first kappa shape index (κ1) is 37.9. The number of hydrogen-bond donors (Lipinski definition) is 0. The summed E-state index contributed by atoms with van der Waals surface area (Å²) in [4.78, 5) is 6.24. The van der Waals surface area contributed by atoms with Crippen LogP contribution in [0.1, 0.15) is 21.6 Å². The Labute approximate surface area is 393 Å². The highest BCUT2D eigenvalue weighted by atomic mass is 32.1. The summed E-state index contributed by atoms with van der Waals surface area (Å²) in [6.07, 6.45) is 0. The van der Waals surface area contributed by atoms with E-state index in [0.29, 0.717) is 0 Å². The Hall–Kier alpha value is -8.44. The van der Waals surface area contributed by atoms with Crippen LogP contribution in [0.4, 0.5) is 34.1 Å². The van der Waals surface area contributed by atoms with E-state index in [4.69, 9.17) is 0 Å². The van der Waals surface area contributed by atoms with Gasteiger partial charge >= 0.3 is 0 Å². The van der Waals surface area contributed by atoms with Gasteiger partial charge in [-0.3, -0.25) is 0 Å². The fraction of sp³-hybridized carbons (Fsp3) is 0.0159. The zero-order valence-electron chi connectivity index (χ0n) is 36.4. The molecule has 14 rings (SSSR count). The summed E-state index contributed by atoms with van der Waals surface area (Å²) in [5.74, 6) is 0. The number of anilines is 6. The van der Waals surface area contributed by atoms with Crippen LogP contribution in [0.2, 0.25) is 0 Å². The van der Waals surface area contributed by atoms with Crippen molar-refractivity contribution in [1.82, 2.24) is 4.57 Å². The van der Waals surface area contributed by atoms with Crippen LogP contribution in [0.15, 0.2) is 249 Å². The fourth-order valence-electron chi connectivity index (χ4n) is 11.4. The molecule has 1 spiro atoms. The Balaban J connectivity index is 1.03. The molecule has 1 unspecified atom stereocenters. The number of nitrogens with zero attached hydrogens (tertiary/aromatic N) is 3. The summed E-state index contributed by atoms with van der Waals surface area (Å²) in [6, 6.07) is 91.6. The van der Waals surface area contributed by atoms with Crippen molar-refractivity contribution in [3.63, 3.8) is 0 Å². The van der Waals surface area contributed by atoms with Crippen LogP contribution in [-0.2, 0) is 5.41 Å². The molecule has 10 aromatic carbocycles. The normalized spacial score (nSPS) is 14.3. The molecule has 2 heterocycles. The first-order chi connectivity index (χ1) is 33.3. The van der Waals surface area contributed by atoms with Crippen LogP contribution < -0.4 is 9.80 Å². The van der Waals surface area contributed by atoms with Crippen molar-refractivity contribution < 1.29 is 0 Å². The highest BCUT2D eigenvalue weighted by molar-refractivity contribution is 7.20. The molecular weight excluding hydrogens is 831 g/mol. The third-order valence-electron chi connectivity index (χ3n) is 14.1. The summed E-state index contributed by atoms with van der Waals surface area (Å²) in [5, 5.41) is 3.76. The molecule has 4 heteroatoms. The van der Waals surface area contributed by atoms with Gasteiger partial charge in [0.2, 0.25) is 0 Å². The minimum atomic E-state index is -0.569. The maximum Gasteiger partial charge on any atom is 0.0820 e. The Morgan fingerprint density at radius 2 is 0.806 bits per heavy atom. The zero-order chi connectivity index (χ0) is 44.1. The van der Waals surface area contributed by atoms with E-state index >= 15 is 0 Å². The molecule has 2 aromatic heterocycles. The Morgan fingerprint density at radius 3 is 1.49 bits per heavy atom. The molecule has 0 N–H and O–H groups in total. The lowest BCUT2D eigenvalue weighted by Crippen LogP contribution is -2.25. The number of fused-ring (bicyclic) bond motifs is 15. The van der Waals surface area contributed by atoms with Crippen LogP contribution in [0, 0.1) is 0 Å². The lowest BCUT2D eigenvalue weighted by Gasteiger charge is -2.32. The summed E-state index contributed by atoms with van der Waals surface area (Å²) in [5.41, 5.74) is 18.8. The van der Waals surface area contributed by atoms with Gasteiger partial charge in [0.1, 0.15) is 0 Å². The third kappa shape index (κ3) is 5.51. The second-order valence-corrected chi connectivity index (χ2v) is 18.7. The van der Waals surface area contributed by atoms with Crippen molar-refractivity contribution in [2.45, 2.75) is 5.41 Å². The number of thiophene rings is 1. The van der Waals surface area contributed by atoms with Gasteiger partial charge in [0, 0.05) is 71.1 Å². The van der Waals surface area contributed by atoms with Crippen LogP contribution in [0.5, 0.6) is 0 Å². The number of aromatic nitrogens is 1. The van der Waals surface area contributed by atoms with E-state index in [9.17, 15) is 0 Å². The van der Waals surface area contributed by atoms with Gasteiger partial charge in [-0.05, 0) is 137 Å². The van der Waals surface area contributed by atoms with Crippen LogP contribution >= 0.6 is 11.3 Å². The molecule has 0 amide bonds. The number of rotatable bonds is 7. The highest BCUT2D eigenvalue weighted by Crippen LogP contribution is 2.67. The van der Waals surface area contributed by atoms with E-state index in [1.165, 1.54) is 75.7 Å². The molecule has 2 aliphatic carbocycles. The average Bonchev–Trinajstić information content (AvgIpc) is 4.11. The molecule has 3 nitrogen and oxygen atoms in total. The molecular formula is C63H41N3S. The second kappa shape index (κ2) is 14.8. The Kier molecular flexibility index (Phi) is 8.37. The number of hydrogen-bond acceptors (Lipinski definition) is 3. The molecule has 0 saturated carbocycles. The van der Waals surface area contributed by atoms with Crippen LogP contribution in [0.25, 0.3) is 59.8 Å². The largest absolute Gasteiger partial charge is 0.310 e. The maximum absolute atomic E-state index is 2.52. The number of para-hydroxylation sites is 5. The molecule has 67 heavy (non-hydrogen) atoms. The van der Waals surface area contributed by atoms with Crippen molar-refractivity contribution in [2.75, 3.05) is 9.80 Å². The molecule has 0 saturated heterocycles. The molecule has 0 aliphatic heterocycles. The molecule has 1 atom stereocenters. The lowest BCUT2D eigenvalue weighted by atomic mass is 9.73. The number of benzene rings is 10. The topological polar surface area (TPSA) is 11.4 Å². The van der Waals surface area contributed by atoms with E-state index in [1.807, 2.05) is 11.3 Å². The van der Waals surface area contributed by atoms with Crippen molar-refractivity contribution >= 4 is 77.4 Å². The standard InChI is InChI=1S/C63H41N3S/c1-5-19-42(20-6-1)64(43-21-7-2-8-22-43)47-33-36-50-49-27-13-16-30-55(49)63(56(50)40-47)57-41-48(34-37-52(57)61-53-29-15-18-32-60(53)67-62(61)63)65(44-23-9-3-10-24-44)46-35-38-59-54(39-46)51-28-14-17-31-58(51)66(59)45-25-11-4-12-26-45/h1-41H. The van der Waals surface area contributed by atoms with Gasteiger partial charge in [-0.1, -0.05) is 146 Å². The molecule has 0 bridgehead atoms. The fourth-order valence-corrected chi connectivity index (χ4v) is 12.9. The van der Waals surface area contributed by atoms with E-state index < -0.39 is 5.41 Å². The summed E-state index contributed by atoms with van der Waals surface area (Å²) in [6.45, 7) is 0. The summed E-state index contributed by atoms with van der Waals surface area (Å²) in [7, 11) is 0. The van der Waals surface area contributed by atoms with E-state index in [2.05, 4.69) is 263 Å². The first-order valence-electron chi connectivity index (χ1n) is 23.0. The summed E-state index contributed by atoms with van der Waals surface area (Å²) < 4.78 is 3.70. The van der Waals surface area contributed by atoms with Crippen molar-refractivity contribution in [2.24, 2.45) is 0 Å². The van der Waals surface area contributed by atoms with Gasteiger partial charge < -0.3 is 14.4 Å². The van der Waals surface area contributed by atoms with Gasteiger partial charge in [0.25, 0.3) is 0 Å². The Bertz CT molecular complexity index is 3830.